The van der Waals surface area contributed by atoms with Gasteiger partial charge < -0.3 is 20.7 Å². The van der Waals surface area contributed by atoms with Crippen molar-refractivity contribution >= 4 is 28.6 Å². The first-order chi connectivity index (χ1) is 10.5. The van der Waals surface area contributed by atoms with Gasteiger partial charge in [-0.1, -0.05) is 0 Å². The van der Waals surface area contributed by atoms with Crippen molar-refractivity contribution in [2.75, 3.05) is 30.0 Å². The highest BCUT2D eigenvalue weighted by Crippen LogP contribution is 2.34. The van der Waals surface area contributed by atoms with Gasteiger partial charge in [0, 0.05) is 31.2 Å². The summed E-state index contributed by atoms with van der Waals surface area (Å²) in [6, 6.07) is 13.7. The Hall–Kier alpha value is -2.69. The fourth-order valence-corrected chi connectivity index (χ4v) is 2.31. The predicted molar refractivity (Wildman–Crippen MR) is 92.4 cm³/mol. The van der Waals surface area contributed by atoms with Crippen molar-refractivity contribution in [1.82, 2.24) is 0 Å². The number of benzene rings is 2. The van der Waals surface area contributed by atoms with Gasteiger partial charge in [0.2, 0.25) is 0 Å². The average Bonchev–Trinajstić information content (AvgIpc) is 2.49. The SMILES string of the molecule is CC1Oc2ccc(N)cc2N=C1Nc1ccc(N(C)C)cc1. The van der Waals surface area contributed by atoms with E-state index in [2.05, 4.69) is 27.3 Å². The highest BCUT2D eigenvalue weighted by atomic mass is 16.5. The van der Waals surface area contributed by atoms with Gasteiger partial charge in [0.15, 0.2) is 6.10 Å². The first kappa shape index (κ1) is 14.3. The van der Waals surface area contributed by atoms with E-state index in [-0.39, 0.29) is 6.10 Å². The molecule has 5 heteroatoms. The summed E-state index contributed by atoms with van der Waals surface area (Å²) in [5.41, 5.74) is 9.37. The summed E-state index contributed by atoms with van der Waals surface area (Å²) < 4.78 is 5.88. The summed E-state index contributed by atoms with van der Waals surface area (Å²) in [5, 5.41) is 3.32. The Morgan fingerprint density at radius 1 is 1.14 bits per heavy atom. The maximum atomic E-state index is 5.88. The van der Waals surface area contributed by atoms with Crippen LogP contribution in [0.15, 0.2) is 47.5 Å². The Morgan fingerprint density at radius 2 is 1.86 bits per heavy atom. The Labute approximate surface area is 130 Å². The molecule has 0 bridgehead atoms. The maximum absolute atomic E-state index is 5.88. The standard InChI is InChI=1S/C17H20N4O/c1-11-17(19-13-5-7-14(8-6-13)21(2)3)20-15-10-12(18)4-9-16(15)22-11/h4-11H,18H2,1-3H3,(H,19,20). The van der Waals surface area contributed by atoms with E-state index in [0.717, 1.165) is 28.6 Å². The number of nitrogen functional groups attached to an aromatic ring is 1. The van der Waals surface area contributed by atoms with Gasteiger partial charge in [0.1, 0.15) is 17.3 Å². The zero-order valence-electron chi connectivity index (χ0n) is 13.0. The van der Waals surface area contributed by atoms with Crippen LogP contribution < -0.4 is 20.7 Å². The van der Waals surface area contributed by atoms with Crippen molar-refractivity contribution in [2.45, 2.75) is 13.0 Å². The molecule has 1 atom stereocenters. The third-order valence-electron chi connectivity index (χ3n) is 3.57. The molecule has 0 amide bonds. The van der Waals surface area contributed by atoms with Crippen LogP contribution in [0, 0.1) is 0 Å². The number of nitrogens with zero attached hydrogens (tertiary/aromatic N) is 2. The van der Waals surface area contributed by atoms with Gasteiger partial charge in [-0.15, -0.1) is 0 Å². The highest BCUT2D eigenvalue weighted by Gasteiger charge is 2.20. The second-order valence-electron chi connectivity index (χ2n) is 5.55. The first-order valence-electron chi connectivity index (χ1n) is 7.22. The zero-order chi connectivity index (χ0) is 15.7. The molecule has 0 spiro atoms. The topological polar surface area (TPSA) is 62.9 Å². The normalized spacial score (nSPS) is 16.3. The van der Waals surface area contributed by atoms with E-state index in [1.807, 2.05) is 51.4 Å². The number of nitrogens with one attached hydrogen (secondary N) is 1. The lowest BCUT2D eigenvalue weighted by Crippen LogP contribution is -2.32. The van der Waals surface area contributed by atoms with E-state index in [1.165, 1.54) is 0 Å². The van der Waals surface area contributed by atoms with E-state index in [4.69, 9.17) is 10.5 Å². The summed E-state index contributed by atoms with van der Waals surface area (Å²) in [7, 11) is 4.04. The van der Waals surface area contributed by atoms with Crippen molar-refractivity contribution in [3.05, 3.63) is 42.5 Å². The second-order valence-corrected chi connectivity index (χ2v) is 5.55. The fraction of sp³-hybridized carbons (Fsp3) is 0.235. The van der Waals surface area contributed by atoms with Crippen LogP contribution in [-0.4, -0.2) is 26.0 Å². The van der Waals surface area contributed by atoms with Gasteiger partial charge in [-0.25, -0.2) is 4.99 Å². The van der Waals surface area contributed by atoms with Gasteiger partial charge >= 0.3 is 0 Å². The number of ether oxygens (including phenoxy) is 1. The summed E-state index contributed by atoms with van der Waals surface area (Å²) in [5.74, 6) is 1.53. The second kappa shape index (κ2) is 5.60. The Morgan fingerprint density at radius 3 is 2.55 bits per heavy atom. The number of anilines is 3. The van der Waals surface area contributed by atoms with E-state index in [1.54, 1.807) is 0 Å². The Balaban J connectivity index is 1.85. The van der Waals surface area contributed by atoms with E-state index < -0.39 is 0 Å². The molecule has 0 saturated heterocycles. The smallest absolute Gasteiger partial charge is 0.153 e. The van der Waals surface area contributed by atoms with Crippen molar-refractivity contribution in [2.24, 2.45) is 4.99 Å². The maximum Gasteiger partial charge on any atom is 0.153 e. The van der Waals surface area contributed by atoms with Gasteiger partial charge in [-0.3, -0.25) is 0 Å². The number of rotatable bonds is 2. The van der Waals surface area contributed by atoms with E-state index in [9.17, 15) is 0 Å². The molecule has 1 heterocycles. The minimum Gasteiger partial charge on any atom is -0.481 e. The molecule has 114 valence electrons. The molecule has 0 aromatic heterocycles. The van der Waals surface area contributed by atoms with Crippen molar-refractivity contribution in [3.63, 3.8) is 0 Å². The van der Waals surface area contributed by atoms with Crippen molar-refractivity contribution in [1.29, 1.82) is 0 Å². The predicted octanol–water partition coefficient (Wildman–Crippen LogP) is 3.26. The number of aliphatic imine (C=N–C) groups is 1. The summed E-state index contributed by atoms with van der Waals surface area (Å²) in [4.78, 5) is 6.69. The molecule has 3 N–H and O–H groups in total. The van der Waals surface area contributed by atoms with Crippen LogP contribution in [-0.2, 0) is 0 Å². The lowest BCUT2D eigenvalue weighted by Gasteiger charge is -2.24. The lowest BCUT2D eigenvalue weighted by atomic mass is 10.2. The molecule has 1 unspecified atom stereocenters. The van der Waals surface area contributed by atoms with Crippen LogP contribution in [0.4, 0.5) is 22.7 Å². The van der Waals surface area contributed by atoms with Crippen molar-refractivity contribution in [3.8, 4) is 5.75 Å². The molecule has 5 nitrogen and oxygen atoms in total. The summed E-state index contributed by atoms with van der Waals surface area (Å²) in [6.45, 7) is 1.97. The molecule has 1 aliphatic heterocycles. The number of amidine groups is 1. The molecule has 0 radical (unpaired) electrons. The van der Waals surface area contributed by atoms with Crippen LogP contribution in [0.1, 0.15) is 6.92 Å². The van der Waals surface area contributed by atoms with Gasteiger partial charge in [0.25, 0.3) is 0 Å². The monoisotopic (exact) mass is 296 g/mol. The van der Waals surface area contributed by atoms with Crippen LogP contribution in [0.5, 0.6) is 5.75 Å². The van der Waals surface area contributed by atoms with Crippen LogP contribution in [0.2, 0.25) is 0 Å². The molecular weight excluding hydrogens is 276 g/mol. The van der Waals surface area contributed by atoms with Crippen LogP contribution in [0.25, 0.3) is 0 Å². The largest absolute Gasteiger partial charge is 0.481 e. The summed E-state index contributed by atoms with van der Waals surface area (Å²) in [6.07, 6.45) is -0.135. The fourth-order valence-electron chi connectivity index (χ4n) is 2.31. The minimum absolute atomic E-state index is 0.135. The lowest BCUT2D eigenvalue weighted by molar-refractivity contribution is 0.283. The van der Waals surface area contributed by atoms with E-state index in [0.29, 0.717) is 5.69 Å². The molecule has 2 aromatic carbocycles. The van der Waals surface area contributed by atoms with Crippen molar-refractivity contribution < 1.29 is 4.74 Å². The van der Waals surface area contributed by atoms with Gasteiger partial charge in [0.05, 0.1) is 0 Å². The van der Waals surface area contributed by atoms with Gasteiger partial charge in [-0.05, 0) is 49.4 Å². The summed E-state index contributed by atoms with van der Waals surface area (Å²) >= 11 is 0. The first-order valence-corrected chi connectivity index (χ1v) is 7.22. The molecule has 0 fully saturated rings. The molecule has 2 aromatic rings. The number of hydrogen-bond donors (Lipinski definition) is 2. The molecule has 22 heavy (non-hydrogen) atoms. The van der Waals surface area contributed by atoms with Crippen LogP contribution in [0.3, 0.4) is 0 Å². The molecule has 3 rings (SSSR count). The molecule has 0 saturated carbocycles. The zero-order valence-corrected chi connectivity index (χ0v) is 13.0. The minimum atomic E-state index is -0.135. The highest BCUT2D eigenvalue weighted by molar-refractivity contribution is 6.01. The number of fused-ring (bicyclic) bond motifs is 1. The third kappa shape index (κ3) is 2.83. The average molecular weight is 296 g/mol. The number of hydrogen-bond acceptors (Lipinski definition) is 5. The quantitative estimate of drug-likeness (QED) is 0.835. The third-order valence-corrected chi connectivity index (χ3v) is 3.57. The van der Waals surface area contributed by atoms with Crippen LogP contribution >= 0.6 is 0 Å². The Bertz CT molecular complexity index is 707. The van der Waals surface area contributed by atoms with Gasteiger partial charge in [-0.2, -0.15) is 0 Å². The Kier molecular flexibility index (Phi) is 3.63. The molecule has 1 aliphatic rings. The molecule has 0 aliphatic carbocycles. The number of nitrogens with two attached hydrogens (primary N) is 1. The van der Waals surface area contributed by atoms with E-state index >= 15 is 0 Å². The molecular formula is C17H20N4O.